The van der Waals surface area contributed by atoms with Crippen molar-refractivity contribution in [2.75, 3.05) is 6.61 Å². The Kier molecular flexibility index (Phi) is 2.44. The van der Waals surface area contributed by atoms with Crippen LogP contribution >= 0.6 is 0 Å². The van der Waals surface area contributed by atoms with Gasteiger partial charge in [0.05, 0.1) is 6.61 Å². The average Bonchev–Trinajstić information content (AvgIpc) is 2.57. The molecule has 0 aromatic heterocycles. The first kappa shape index (κ1) is 9.85. The number of aliphatic hydroxyl groups excluding tert-OH is 2. The number of fused-ring (bicyclic) bond motifs is 1. The van der Waals surface area contributed by atoms with E-state index in [9.17, 15) is 15.0 Å². The summed E-state index contributed by atoms with van der Waals surface area (Å²) in [5.74, 6) is -0.261. The van der Waals surface area contributed by atoms with Gasteiger partial charge in [-0.15, -0.1) is 0 Å². The van der Waals surface area contributed by atoms with Crippen molar-refractivity contribution in [3.8, 4) is 0 Å². The average molecular weight is 203 g/mol. The zero-order valence-corrected chi connectivity index (χ0v) is 7.71. The van der Waals surface area contributed by atoms with E-state index in [0.29, 0.717) is 0 Å². The van der Waals surface area contributed by atoms with Crippen molar-refractivity contribution in [2.45, 2.75) is 37.6 Å². The number of carbonyl (C=O) groups is 1. The van der Waals surface area contributed by atoms with E-state index in [1.807, 2.05) is 0 Å². The third-order valence-corrected chi connectivity index (χ3v) is 2.49. The molecule has 2 rings (SSSR count). The van der Waals surface area contributed by atoms with Crippen LogP contribution in [0.4, 0.5) is 0 Å². The summed E-state index contributed by atoms with van der Waals surface area (Å²) in [5.41, 5.74) is 0. The molecule has 0 aliphatic carbocycles. The molecule has 0 spiro atoms. The molecule has 5 atom stereocenters. The fourth-order valence-electron chi connectivity index (χ4n) is 1.89. The Balaban J connectivity index is 2.07. The van der Waals surface area contributed by atoms with Crippen molar-refractivity contribution >= 4 is 5.91 Å². The SMILES string of the molecule is CC(=O)N[C@@H]1[C@H]2OC[C@@H](O)[C@H]2O[C@@H]1O. The highest BCUT2D eigenvalue weighted by molar-refractivity contribution is 5.73. The van der Waals surface area contributed by atoms with Crippen LogP contribution in [0.15, 0.2) is 0 Å². The summed E-state index contributed by atoms with van der Waals surface area (Å²) in [7, 11) is 0. The van der Waals surface area contributed by atoms with Gasteiger partial charge in [0.25, 0.3) is 0 Å². The first-order chi connectivity index (χ1) is 6.59. The minimum absolute atomic E-state index is 0.179. The summed E-state index contributed by atoms with van der Waals surface area (Å²) in [6, 6.07) is -0.588. The Labute approximate surface area is 80.8 Å². The number of nitrogens with one attached hydrogen (secondary N) is 1. The Morgan fingerprint density at radius 2 is 2.14 bits per heavy atom. The lowest BCUT2D eigenvalue weighted by molar-refractivity contribution is -0.133. The molecule has 0 saturated carbocycles. The van der Waals surface area contributed by atoms with E-state index in [2.05, 4.69) is 5.32 Å². The maximum atomic E-state index is 10.8. The molecule has 0 bridgehead atoms. The van der Waals surface area contributed by atoms with Gasteiger partial charge >= 0.3 is 0 Å². The van der Waals surface area contributed by atoms with Gasteiger partial charge in [-0.25, -0.2) is 0 Å². The summed E-state index contributed by atoms with van der Waals surface area (Å²) < 4.78 is 10.3. The Morgan fingerprint density at radius 1 is 1.43 bits per heavy atom. The minimum Gasteiger partial charge on any atom is -0.388 e. The molecule has 2 saturated heterocycles. The lowest BCUT2D eigenvalue weighted by Crippen LogP contribution is -2.46. The molecule has 6 heteroatoms. The van der Waals surface area contributed by atoms with E-state index >= 15 is 0 Å². The van der Waals surface area contributed by atoms with E-state index in [-0.39, 0.29) is 12.5 Å². The van der Waals surface area contributed by atoms with Crippen LogP contribution in [-0.4, -0.2) is 53.4 Å². The maximum Gasteiger partial charge on any atom is 0.217 e. The third-order valence-electron chi connectivity index (χ3n) is 2.49. The van der Waals surface area contributed by atoms with Crippen molar-refractivity contribution < 1.29 is 24.5 Å². The van der Waals surface area contributed by atoms with E-state index in [1.165, 1.54) is 6.92 Å². The summed E-state index contributed by atoms with van der Waals surface area (Å²) in [4.78, 5) is 10.8. The topological polar surface area (TPSA) is 88.0 Å². The van der Waals surface area contributed by atoms with Crippen molar-refractivity contribution in [2.24, 2.45) is 0 Å². The van der Waals surface area contributed by atoms with Gasteiger partial charge in [-0.3, -0.25) is 4.79 Å². The van der Waals surface area contributed by atoms with Crippen LogP contribution in [-0.2, 0) is 14.3 Å². The highest BCUT2D eigenvalue weighted by Gasteiger charge is 2.52. The normalized spacial score (nSPS) is 46.4. The molecule has 80 valence electrons. The number of aliphatic hydroxyl groups is 2. The van der Waals surface area contributed by atoms with Gasteiger partial charge < -0.3 is 25.0 Å². The zero-order chi connectivity index (χ0) is 10.3. The molecular weight excluding hydrogens is 190 g/mol. The largest absolute Gasteiger partial charge is 0.388 e. The lowest BCUT2D eigenvalue weighted by atomic mass is 10.1. The number of carbonyl (C=O) groups excluding carboxylic acids is 1. The second kappa shape index (κ2) is 3.47. The fraction of sp³-hybridized carbons (Fsp3) is 0.875. The van der Waals surface area contributed by atoms with Gasteiger partial charge in [-0.1, -0.05) is 0 Å². The quantitative estimate of drug-likeness (QED) is 0.457. The zero-order valence-electron chi connectivity index (χ0n) is 7.71. The number of hydrogen-bond donors (Lipinski definition) is 3. The van der Waals surface area contributed by atoms with Gasteiger partial charge in [0.1, 0.15) is 24.4 Å². The predicted molar refractivity (Wildman–Crippen MR) is 44.2 cm³/mol. The number of hydrogen-bond acceptors (Lipinski definition) is 5. The van der Waals surface area contributed by atoms with Crippen molar-refractivity contribution in [1.82, 2.24) is 5.32 Å². The summed E-state index contributed by atoms with van der Waals surface area (Å²) in [6.45, 7) is 1.53. The molecule has 6 nitrogen and oxygen atoms in total. The van der Waals surface area contributed by atoms with Crippen LogP contribution in [0, 0.1) is 0 Å². The third kappa shape index (κ3) is 1.50. The molecule has 0 aromatic rings. The van der Waals surface area contributed by atoms with Gasteiger partial charge in [0.15, 0.2) is 6.29 Å². The van der Waals surface area contributed by atoms with E-state index in [0.717, 1.165) is 0 Å². The van der Waals surface area contributed by atoms with Crippen LogP contribution in [0.1, 0.15) is 6.92 Å². The summed E-state index contributed by atoms with van der Waals surface area (Å²) in [6.07, 6.45) is -2.83. The lowest BCUT2D eigenvalue weighted by Gasteiger charge is -2.18. The van der Waals surface area contributed by atoms with E-state index in [4.69, 9.17) is 9.47 Å². The second-order valence-corrected chi connectivity index (χ2v) is 3.58. The van der Waals surface area contributed by atoms with Gasteiger partial charge in [-0.05, 0) is 0 Å². The smallest absolute Gasteiger partial charge is 0.217 e. The Hall–Kier alpha value is -0.690. The molecule has 0 unspecified atom stereocenters. The molecule has 2 heterocycles. The fourth-order valence-corrected chi connectivity index (χ4v) is 1.89. The van der Waals surface area contributed by atoms with Gasteiger partial charge in [-0.2, -0.15) is 0 Å². The van der Waals surface area contributed by atoms with Crippen molar-refractivity contribution in [3.05, 3.63) is 0 Å². The molecular formula is C8H13NO5. The van der Waals surface area contributed by atoms with E-state index < -0.39 is 30.6 Å². The standard InChI is InChI=1S/C8H13NO5/c1-3(10)9-5-7-6(14-8(5)12)4(11)2-13-7/h4-8,11-12H,2H2,1H3,(H,9,10)/t4-,5-,6-,7-,8+/m1/s1. The highest BCUT2D eigenvalue weighted by Crippen LogP contribution is 2.30. The molecule has 3 N–H and O–H groups in total. The number of amides is 1. The van der Waals surface area contributed by atoms with Crippen LogP contribution in [0.5, 0.6) is 0 Å². The maximum absolute atomic E-state index is 10.8. The molecule has 0 radical (unpaired) electrons. The van der Waals surface area contributed by atoms with Crippen molar-refractivity contribution in [3.63, 3.8) is 0 Å². The van der Waals surface area contributed by atoms with Crippen molar-refractivity contribution in [1.29, 1.82) is 0 Å². The molecule has 1 amide bonds. The van der Waals surface area contributed by atoms with Gasteiger partial charge in [0, 0.05) is 6.92 Å². The number of ether oxygens (including phenoxy) is 2. The monoisotopic (exact) mass is 203 g/mol. The highest BCUT2D eigenvalue weighted by atomic mass is 16.7. The van der Waals surface area contributed by atoms with Crippen LogP contribution in [0.25, 0.3) is 0 Å². The summed E-state index contributed by atoms with van der Waals surface area (Å²) >= 11 is 0. The molecule has 2 aliphatic rings. The predicted octanol–water partition coefficient (Wildman–Crippen LogP) is -2.03. The Bertz CT molecular complexity index is 246. The van der Waals surface area contributed by atoms with Crippen LogP contribution in [0.3, 0.4) is 0 Å². The van der Waals surface area contributed by atoms with Gasteiger partial charge in [0.2, 0.25) is 5.91 Å². The summed E-state index contributed by atoms with van der Waals surface area (Å²) in [5, 5.41) is 21.4. The molecule has 2 aliphatic heterocycles. The second-order valence-electron chi connectivity index (χ2n) is 3.58. The van der Waals surface area contributed by atoms with Crippen LogP contribution in [0.2, 0.25) is 0 Å². The minimum atomic E-state index is -1.11. The number of rotatable bonds is 1. The Morgan fingerprint density at radius 3 is 2.79 bits per heavy atom. The van der Waals surface area contributed by atoms with Crippen LogP contribution < -0.4 is 5.32 Å². The first-order valence-electron chi connectivity index (χ1n) is 4.50. The first-order valence-corrected chi connectivity index (χ1v) is 4.50. The molecule has 0 aromatic carbocycles. The van der Waals surface area contributed by atoms with E-state index in [1.54, 1.807) is 0 Å². The molecule has 2 fully saturated rings. The molecule has 14 heavy (non-hydrogen) atoms.